The van der Waals surface area contributed by atoms with Gasteiger partial charge in [0, 0.05) is 37.1 Å². The summed E-state index contributed by atoms with van der Waals surface area (Å²) in [5, 5.41) is 5.86. The summed E-state index contributed by atoms with van der Waals surface area (Å²) in [7, 11) is 0. The van der Waals surface area contributed by atoms with Gasteiger partial charge in [-0.3, -0.25) is 9.80 Å². The van der Waals surface area contributed by atoms with Crippen molar-refractivity contribution in [3.63, 3.8) is 0 Å². The predicted molar refractivity (Wildman–Crippen MR) is 66.9 cm³/mol. The summed E-state index contributed by atoms with van der Waals surface area (Å²) in [4.78, 5) is 3.63. The molecule has 8 heteroatoms. The van der Waals surface area contributed by atoms with Crippen LogP contribution in [-0.2, 0) is 6.54 Å². The highest BCUT2D eigenvalue weighted by Gasteiger charge is 2.38. The van der Waals surface area contributed by atoms with Crippen LogP contribution in [0.2, 0.25) is 0 Å². The molecule has 0 spiro atoms. The van der Waals surface area contributed by atoms with E-state index in [4.69, 9.17) is 0 Å². The van der Waals surface area contributed by atoms with Gasteiger partial charge < -0.3 is 0 Å². The SMILES string of the molecule is CC1(C)CN(CC(F)(F)F)CCN1Cc1csnn1. The third-order valence-electron chi connectivity index (χ3n) is 3.31. The van der Waals surface area contributed by atoms with Crippen molar-refractivity contribution in [2.24, 2.45) is 0 Å². The van der Waals surface area contributed by atoms with E-state index in [2.05, 4.69) is 14.5 Å². The molecule has 1 fully saturated rings. The zero-order chi connectivity index (χ0) is 14.1. The van der Waals surface area contributed by atoms with Crippen LogP contribution in [0.5, 0.6) is 0 Å². The summed E-state index contributed by atoms with van der Waals surface area (Å²) < 4.78 is 41.1. The van der Waals surface area contributed by atoms with Gasteiger partial charge in [0.05, 0.1) is 12.2 Å². The molecule has 1 aliphatic heterocycles. The van der Waals surface area contributed by atoms with Gasteiger partial charge >= 0.3 is 6.18 Å². The van der Waals surface area contributed by atoms with Crippen molar-refractivity contribution in [1.82, 2.24) is 19.4 Å². The number of rotatable bonds is 3. The standard InChI is InChI=1S/C11H17F3N4S/c1-10(2)7-17(8-11(12,13)14)3-4-18(10)5-9-6-19-16-15-9/h6H,3-5,7-8H2,1-2H3. The van der Waals surface area contributed by atoms with Crippen molar-refractivity contribution in [2.75, 3.05) is 26.2 Å². The normalized spacial score (nSPS) is 21.7. The molecule has 1 aromatic rings. The lowest BCUT2D eigenvalue weighted by Crippen LogP contribution is -2.59. The first-order valence-electron chi connectivity index (χ1n) is 6.06. The number of hydrogen-bond donors (Lipinski definition) is 0. The Labute approximate surface area is 114 Å². The lowest BCUT2D eigenvalue weighted by molar-refractivity contribution is -0.155. The molecular weight excluding hydrogens is 277 g/mol. The van der Waals surface area contributed by atoms with Gasteiger partial charge in [0.1, 0.15) is 0 Å². The molecule has 0 N–H and O–H groups in total. The number of nitrogens with zero attached hydrogens (tertiary/aromatic N) is 4. The van der Waals surface area contributed by atoms with Crippen molar-refractivity contribution in [3.05, 3.63) is 11.1 Å². The second-order valence-electron chi connectivity index (χ2n) is 5.46. The molecule has 1 aliphatic rings. The average molecular weight is 294 g/mol. The number of alkyl halides is 3. The smallest absolute Gasteiger partial charge is 0.292 e. The highest BCUT2D eigenvalue weighted by molar-refractivity contribution is 7.03. The van der Waals surface area contributed by atoms with Gasteiger partial charge in [0.15, 0.2) is 0 Å². The largest absolute Gasteiger partial charge is 0.401 e. The van der Waals surface area contributed by atoms with Gasteiger partial charge in [-0.2, -0.15) is 13.2 Å². The molecule has 1 saturated heterocycles. The molecule has 2 rings (SSSR count). The fourth-order valence-electron chi connectivity index (χ4n) is 2.42. The molecule has 0 radical (unpaired) electrons. The third-order valence-corrected chi connectivity index (χ3v) is 3.87. The molecule has 0 atom stereocenters. The predicted octanol–water partition coefficient (Wildman–Crippen LogP) is 2.00. The summed E-state index contributed by atoms with van der Waals surface area (Å²) in [5.74, 6) is 0. The fraction of sp³-hybridized carbons (Fsp3) is 0.818. The topological polar surface area (TPSA) is 32.3 Å². The Kier molecular flexibility index (Phi) is 4.12. The van der Waals surface area contributed by atoms with Crippen LogP contribution in [0.15, 0.2) is 5.38 Å². The number of halogens is 3. The summed E-state index contributed by atoms with van der Waals surface area (Å²) in [6, 6.07) is 0. The third kappa shape index (κ3) is 4.12. The van der Waals surface area contributed by atoms with Crippen LogP contribution < -0.4 is 0 Å². The first-order valence-corrected chi connectivity index (χ1v) is 6.90. The quantitative estimate of drug-likeness (QED) is 0.853. The van der Waals surface area contributed by atoms with Crippen molar-refractivity contribution in [3.8, 4) is 0 Å². The van der Waals surface area contributed by atoms with E-state index in [0.29, 0.717) is 26.2 Å². The van der Waals surface area contributed by atoms with Crippen LogP contribution in [0.25, 0.3) is 0 Å². The van der Waals surface area contributed by atoms with Crippen LogP contribution in [-0.4, -0.2) is 57.3 Å². The van der Waals surface area contributed by atoms with E-state index in [1.807, 2.05) is 19.2 Å². The molecule has 2 heterocycles. The Hall–Kier alpha value is -0.730. The first kappa shape index (κ1) is 14.7. The van der Waals surface area contributed by atoms with Crippen LogP contribution in [0, 0.1) is 0 Å². The average Bonchev–Trinajstić information content (AvgIpc) is 2.71. The van der Waals surface area contributed by atoms with E-state index in [9.17, 15) is 13.2 Å². The zero-order valence-electron chi connectivity index (χ0n) is 10.9. The molecule has 0 aliphatic carbocycles. The molecule has 0 unspecified atom stereocenters. The number of piperazine rings is 1. The van der Waals surface area contributed by atoms with E-state index >= 15 is 0 Å². The minimum absolute atomic E-state index is 0.298. The molecule has 1 aromatic heterocycles. The summed E-state index contributed by atoms with van der Waals surface area (Å²) >= 11 is 1.29. The summed E-state index contributed by atoms with van der Waals surface area (Å²) in [5.41, 5.74) is 0.579. The van der Waals surface area contributed by atoms with Crippen LogP contribution in [0.4, 0.5) is 13.2 Å². The van der Waals surface area contributed by atoms with Crippen molar-refractivity contribution >= 4 is 11.5 Å². The Balaban J connectivity index is 1.96. The van der Waals surface area contributed by atoms with Crippen molar-refractivity contribution in [2.45, 2.75) is 32.1 Å². The van der Waals surface area contributed by atoms with E-state index in [1.165, 1.54) is 16.4 Å². The fourth-order valence-corrected chi connectivity index (χ4v) is 2.86. The van der Waals surface area contributed by atoms with Gasteiger partial charge in [-0.1, -0.05) is 4.49 Å². The summed E-state index contributed by atoms with van der Waals surface area (Å²) in [6.45, 7) is 5.20. The van der Waals surface area contributed by atoms with Gasteiger partial charge in [0.25, 0.3) is 0 Å². The highest BCUT2D eigenvalue weighted by atomic mass is 32.1. The van der Waals surface area contributed by atoms with E-state index in [0.717, 1.165) is 5.69 Å². The Bertz CT molecular complexity index is 405. The second-order valence-corrected chi connectivity index (χ2v) is 6.07. The van der Waals surface area contributed by atoms with E-state index < -0.39 is 12.7 Å². The van der Waals surface area contributed by atoms with Crippen molar-refractivity contribution < 1.29 is 13.2 Å². The highest BCUT2D eigenvalue weighted by Crippen LogP contribution is 2.25. The van der Waals surface area contributed by atoms with Gasteiger partial charge in [-0.15, -0.1) is 5.10 Å². The Morgan fingerprint density at radius 3 is 2.63 bits per heavy atom. The first-order chi connectivity index (χ1) is 8.76. The van der Waals surface area contributed by atoms with Crippen LogP contribution in [0.1, 0.15) is 19.5 Å². The Morgan fingerprint density at radius 1 is 1.37 bits per heavy atom. The maximum Gasteiger partial charge on any atom is 0.401 e. The van der Waals surface area contributed by atoms with E-state index in [1.54, 1.807) is 0 Å². The number of hydrogen-bond acceptors (Lipinski definition) is 5. The lowest BCUT2D eigenvalue weighted by atomic mass is 9.98. The molecule has 19 heavy (non-hydrogen) atoms. The monoisotopic (exact) mass is 294 g/mol. The van der Waals surface area contributed by atoms with E-state index in [-0.39, 0.29) is 5.54 Å². The zero-order valence-corrected chi connectivity index (χ0v) is 11.8. The van der Waals surface area contributed by atoms with Gasteiger partial charge in [-0.05, 0) is 25.4 Å². The maximum absolute atomic E-state index is 12.4. The minimum atomic E-state index is -4.13. The molecule has 0 bridgehead atoms. The molecule has 4 nitrogen and oxygen atoms in total. The van der Waals surface area contributed by atoms with Crippen LogP contribution >= 0.6 is 11.5 Å². The van der Waals surface area contributed by atoms with Crippen LogP contribution in [0.3, 0.4) is 0 Å². The summed E-state index contributed by atoms with van der Waals surface area (Å²) in [6.07, 6.45) is -4.13. The Morgan fingerprint density at radius 2 is 2.11 bits per heavy atom. The molecule has 0 amide bonds. The maximum atomic E-state index is 12.4. The van der Waals surface area contributed by atoms with Gasteiger partial charge in [0.2, 0.25) is 0 Å². The minimum Gasteiger partial charge on any atom is -0.292 e. The lowest BCUT2D eigenvalue weighted by Gasteiger charge is -2.47. The molecule has 0 aromatic carbocycles. The van der Waals surface area contributed by atoms with Crippen molar-refractivity contribution in [1.29, 1.82) is 0 Å². The number of aromatic nitrogens is 2. The van der Waals surface area contributed by atoms with Gasteiger partial charge in [-0.25, -0.2) is 0 Å². The second kappa shape index (κ2) is 5.34. The molecule has 108 valence electrons. The molecule has 0 saturated carbocycles. The molecular formula is C11H17F3N4S.